The molecule has 0 saturated carbocycles. The molecule has 0 fully saturated rings. The predicted molar refractivity (Wildman–Crippen MR) is 78.7 cm³/mol. The zero-order valence-corrected chi connectivity index (χ0v) is 12.9. The minimum Gasteiger partial charge on any atom is -0.481 e. The first-order valence-corrected chi connectivity index (χ1v) is 8.38. The second-order valence-electron chi connectivity index (χ2n) is 4.42. The van der Waals surface area contributed by atoms with Crippen LogP contribution in [-0.2, 0) is 27.8 Å². The van der Waals surface area contributed by atoms with Crippen molar-refractivity contribution in [3.05, 3.63) is 46.6 Å². The number of rotatable bonds is 6. The van der Waals surface area contributed by atoms with Gasteiger partial charge in [0.15, 0.2) is 0 Å². The number of nitrogens with one attached hydrogen (secondary N) is 1. The van der Waals surface area contributed by atoms with Crippen LogP contribution in [0.15, 0.2) is 34.7 Å². The normalized spacial score (nSPS) is 11.5. The number of nitrogens with zero attached hydrogens (tertiary/aromatic N) is 1. The van der Waals surface area contributed by atoms with Gasteiger partial charge in [0.05, 0.1) is 6.42 Å². The molecule has 0 bridgehead atoms. The molecule has 0 aromatic carbocycles. The SMILES string of the molecule is Cc1ccc(CNS(=O)(=O)c2ccc(CC(=O)O)s2)cn1. The van der Waals surface area contributed by atoms with E-state index in [4.69, 9.17) is 5.11 Å². The van der Waals surface area contributed by atoms with Crippen LogP contribution in [0.2, 0.25) is 0 Å². The number of carboxylic acid groups (broad SMARTS) is 1. The van der Waals surface area contributed by atoms with Gasteiger partial charge in [-0.2, -0.15) is 0 Å². The van der Waals surface area contributed by atoms with Crippen LogP contribution in [0.4, 0.5) is 0 Å². The Balaban J connectivity index is 2.06. The Morgan fingerprint density at radius 1 is 1.33 bits per heavy atom. The molecule has 2 aromatic rings. The number of aromatic nitrogens is 1. The van der Waals surface area contributed by atoms with Gasteiger partial charge in [-0.3, -0.25) is 9.78 Å². The van der Waals surface area contributed by atoms with E-state index in [2.05, 4.69) is 9.71 Å². The van der Waals surface area contributed by atoms with Crippen LogP contribution in [0.1, 0.15) is 16.1 Å². The highest BCUT2D eigenvalue weighted by atomic mass is 32.2. The van der Waals surface area contributed by atoms with Gasteiger partial charge in [-0.15, -0.1) is 11.3 Å². The topological polar surface area (TPSA) is 96.4 Å². The third-order valence-corrected chi connectivity index (χ3v) is 5.64. The van der Waals surface area contributed by atoms with Crippen molar-refractivity contribution in [1.29, 1.82) is 0 Å². The molecular formula is C13H14N2O4S2. The predicted octanol–water partition coefficient (Wildman–Crippen LogP) is 1.56. The molecule has 21 heavy (non-hydrogen) atoms. The number of pyridine rings is 1. The first kappa shape index (κ1) is 15.6. The van der Waals surface area contributed by atoms with Gasteiger partial charge >= 0.3 is 5.97 Å². The second kappa shape index (κ2) is 6.33. The summed E-state index contributed by atoms with van der Waals surface area (Å²) in [5.74, 6) is -0.987. The van der Waals surface area contributed by atoms with E-state index in [0.717, 1.165) is 22.6 Å². The Hall–Kier alpha value is -1.77. The monoisotopic (exact) mass is 326 g/mol. The molecule has 8 heteroatoms. The molecule has 112 valence electrons. The Bertz CT molecular complexity index is 736. The summed E-state index contributed by atoms with van der Waals surface area (Å²) in [6.07, 6.45) is 1.43. The third-order valence-electron chi connectivity index (χ3n) is 2.67. The molecule has 0 radical (unpaired) electrons. The number of hydrogen-bond acceptors (Lipinski definition) is 5. The lowest BCUT2D eigenvalue weighted by atomic mass is 10.2. The molecule has 0 spiro atoms. The molecule has 0 atom stereocenters. The number of hydrogen-bond donors (Lipinski definition) is 2. The van der Waals surface area contributed by atoms with E-state index in [-0.39, 0.29) is 17.2 Å². The second-order valence-corrected chi connectivity index (χ2v) is 7.59. The highest BCUT2D eigenvalue weighted by Crippen LogP contribution is 2.22. The highest BCUT2D eigenvalue weighted by molar-refractivity contribution is 7.91. The molecule has 0 aliphatic heterocycles. The fourth-order valence-electron chi connectivity index (χ4n) is 1.60. The standard InChI is InChI=1S/C13H14N2O4S2/c1-9-2-3-10(7-14-9)8-15-21(18,19)13-5-4-11(20-13)6-12(16)17/h2-5,7,15H,6,8H2,1H3,(H,16,17). The maximum atomic E-state index is 12.1. The Labute approximate surface area is 126 Å². The molecule has 0 saturated heterocycles. The molecule has 2 N–H and O–H groups in total. The van der Waals surface area contributed by atoms with Gasteiger partial charge in [0.2, 0.25) is 10.0 Å². The van der Waals surface area contributed by atoms with Gasteiger partial charge in [0.25, 0.3) is 0 Å². The average Bonchev–Trinajstić information content (AvgIpc) is 2.86. The number of aryl methyl sites for hydroxylation is 1. The number of carbonyl (C=O) groups is 1. The largest absolute Gasteiger partial charge is 0.481 e. The number of aliphatic carboxylic acids is 1. The minimum atomic E-state index is -3.64. The number of thiophene rings is 1. The fourth-order valence-corrected chi connectivity index (χ4v) is 4.01. The smallest absolute Gasteiger partial charge is 0.308 e. The van der Waals surface area contributed by atoms with Gasteiger partial charge < -0.3 is 5.11 Å². The molecule has 0 aliphatic carbocycles. The van der Waals surface area contributed by atoms with Gasteiger partial charge in [-0.25, -0.2) is 13.1 Å². The number of carboxylic acids is 1. The van der Waals surface area contributed by atoms with Crippen molar-refractivity contribution in [1.82, 2.24) is 9.71 Å². The lowest BCUT2D eigenvalue weighted by molar-refractivity contribution is -0.136. The van der Waals surface area contributed by atoms with Gasteiger partial charge in [0.1, 0.15) is 4.21 Å². The summed E-state index contributed by atoms with van der Waals surface area (Å²) < 4.78 is 26.8. The summed E-state index contributed by atoms with van der Waals surface area (Å²) in [7, 11) is -3.64. The summed E-state index contributed by atoms with van der Waals surface area (Å²) in [4.78, 5) is 15.2. The van der Waals surface area contributed by atoms with Crippen LogP contribution in [-0.4, -0.2) is 24.5 Å². The van der Waals surface area contributed by atoms with Crippen molar-refractivity contribution < 1.29 is 18.3 Å². The van der Waals surface area contributed by atoms with E-state index in [1.54, 1.807) is 18.3 Å². The maximum absolute atomic E-state index is 12.1. The zero-order valence-electron chi connectivity index (χ0n) is 11.2. The summed E-state index contributed by atoms with van der Waals surface area (Å²) in [5.41, 5.74) is 1.62. The summed E-state index contributed by atoms with van der Waals surface area (Å²) in [6, 6.07) is 6.54. The van der Waals surface area contributed by atoms with Gasteiger partial charge in [0, 0.05) is 23.3 Å². The quantitative estimate of drug-likeness (QED) is 0.840. The van der Waals surface area contributed by atoms with Crippen molar-refractivity contribution in [2.45, 2.75) is 24.1 Å². The molecule has 2 aromatic heterocycles. The average molecular weight is 326 g/mol. The fraction of sp³-hybridized carbons (Fsp3) is 0.231. The van der Waals surface area contributed by atoms with Crippen LogP contribution in [0.5, 0.6) is 0 Å². The number of sulfonamides is 1. The van der Waals surface area contributed by atoms with E-state index < -0.39 is 16.0 Å². The van der Waals surface area contributed by atoms with Crippen LogP contribution in [0, 0.1) is 6.92 Å². The van der Waals surface area contributed by atoms with Crippen LogP contribution in [0.25, 0.3) is 0 Å². The van der Waals surface area contributed by atoms with E-state index in [9.17, 15) is 13.2 Å². The Kier molecular flexibility index (Phi) is 4.71. The van der Waals surface area contributed by atoms with Gasteiger partial charge in [-0.05, 0) is 30.7 Å². The molecule has 0 aliphatic rings. The first-order valence-electron chi connectivity index (χ1n) is 6.08. The summed E-state index contributed by atoms with van der Waals surface area (Å²) in [5, 5.41) is 8.69. The first-order chi connectivity index (χ1) is 9.87. The lowest BCUT2D eigenvalue weighted by Crippen LogP contribution is -2.22. The minimum absolute atomic E-state index is 0.110. The lowest BCUT2D eigenvalue weighted by Gasteiger charge is -2.04. The third kappa shape index (κ3) is 4.35. The van der Waals surface area contributed by atoms with E-state index in [0.29, 0.717) is 4.88 Å². The Morgan fingerprint density at radius 2 is 2.10 bits per heavy atom. The van der Waals surface area contributed by atoms with Crippen molar-refractivity contribution in [3.8, 4) is 0 Å². The van der Waals surface area contributed by atoms with Gasteiger partial charge in [-0.1, -0.05) is 6.07 Å². The van der Waals surface area contributed by atoms with Crippen molar-refractivity contribution in [3.63, 3.8) is 0 Å². The molecule has 0 amide bonds. The van der Waals surface area contributed by atoms with Crippen LogP contribution < -0.4 is 4.72 Å². The molecule has 2 heterocycles. The molecule has 0 unspecified atom stereocenters. The van der Waals surface area contributed by atoms with Crippen molar-refractivity contribution >= 4 is 27.3 Å². The molecule has 2 rings (SSSR count). The van der Waals surface area contributed by atoms with E-state index in [1.165, 1.54) is 12.1 Å². The summed E-state index contributed by atoms with van der Waals surface area (Å²) >= 11 is 0.959. The van der Waals surface area contributed by atoms with E-state index >= 15 is 0 Å². The van der Waals surface area contributed by atoms with Crippen molar-refractivity contribution in [2.75, 3.05) is 0 Å². The molecule has 6 nitrogen and oxygen atoms in total. The highest BCUT2D eigenvalue weighted by Gasteiger charge is 2.17. The maximum Gasteiger partial charge on any atom is 0.308 e. The molecular weight excluding hydrogens is 312 g/mol. The zero-order chi connectivity index (χ0) is 15.5. The Morgan fingerprint density at radius 3 is 2.71 bits per heavy atom. The van der Waals surface area contributed by atoms with Crippen LogP contribution >= 0.6 is 11.3 Å². The van der Waals surface area contributed by atoms with E-state index in [1.807, 2.05) is 6.92 Å². The van der Waals surface area contributed by atoms with Crippen LogP contribution in [0.3, 0.4) is 0 Å². The summed E-state index contributed by atoms with van der Waals surface area (Å²) in [6.45, 7) is 1.99. The van der Waals surface area contributed by atoms with Crippen molar-refractivity contribution in [2.24, 2.45) is 0 Å².